The van der Waals surface area contributed by atoms with Gasteiger partial charge < -0.3 is 0 Å². The summed E-state index contributed by atoms with van der Waals surface area (Å²) >= 11 is 1.74. The van der Waals surface area contributed by atoms with Crippen molar-refractivity contribution < 1.29 is 8.42 Å². The van der Waals surface area contributed by atoms with E-state index >= 15 is 0 Å². The highest BCUT2D eigenvalue weighted by Crippen LogP contribution is 2.22. The standard InChI is InChI=1S/C16H28N2O2S2/c1-3-5-7-16-17-14(12-21-16)11-18(9-6-4-2)15-8-10-22(19,20)13-15/h12,15H,3-11,13H2,1-2H3. The van der Waals surface area contributed by atoms with Crippen LogP contribution in [0.2, 0.25) is 0 Å². The van der Waals surface area contributed by atoms with Crippen LogP contribution in [0.5, 0.6) is 0 Å². The van der Waals surface area contributed by atoms with Crippen molar-refractivity contribution in [2.24, 2.45) is 0 Å². The summed E-state index contributed by atoms with van der Waals surface area (Å²) < 4.78 is 23.5. The fourth-order valence-corrected chi connectivity index (χ4v) is 5.48. The van der Waals surface area contributed by atoms with Crippen molar-refractivity contribution in [1.82, 2.24) is 9.88 Å². The second-order valence-electron chi connectivity index (χ2n) is 6.22. The molecule has 6 heteroatoms. The Morgan fingerprint density at radius 3 is 2.73 bits per heavy atom. The van der Waals surface area contributed by atoms with Gasteiger partial charge in [0.05, 0.1) is 22.2 Å². The Kier molecular flexibility index (Phi) is 6.84. The Bertz CT molecular complexity index is 554. The molecule has 1 saturated heterocycles. The van der Waals surface area contributed by atoms with E-state index in [9.17, 15) is 8.42 Å². The van der Waals surface area contributed by atoms with E-state index in [1.54, 1.807) is 11.3 Å². The minimum absolute atomic E-state index is 0.178. The number of aryl methyl sites for hydroxylation is 1. The second kappa shape index (κ2) is 8.41. The van der Waals surface area contributed by atoms with Crippen molar-refractivity contribution in [2.75, 3.05) is 18.1 Å². The quantitative estimate of drug-likeness (QED) is 0.690. The average Bonchev–Trinajstić information content (AvgIpc) is 3.07. The zero-order valence-corrected chi connectivity index (χ0v) is 15.4. The summed E-state index contributed by atoms with van der Waals surface area (Å²) in [5.41, 5.74) is 1.11. The smallest absolute Gasteiger partial charge is 0.151 e. The predicted molar refractivity (Wildman–Crippen MR) is 93.1 cm³/mol. The van der Waals surface area contributed by atoms with Crippen LogP contribution in [-0.4, -0.2) is 42.4 Å². The molecule has 0 N–H and O–H groups in total. The number of hydrogen-bond donors (Lipinski definition) is 0. The summed E-state index contributed by atoms with van der Waals surface area (Å²) in [5.74, 6) is 0.669. The lowest BCUT2D eigenvalue weighted by Gasteiger charge is -2.27. The molecule has 1 aromatic rings. The van der Waals surface area contributed by atoms with Gasteiger partial charge in [-0.2, -0.15) is 0 Å². The first-order chi connectivity index (χ1) is 10.5. The molecule has 1 aromatic heterocycles. The van der Waals surface area contributed by atoms with Crippen molar-refractivity contribution in [3.8, 4) is 0 Å². The molecule has 0 bridgehead atoms. The van der Waals surface area contributed by atoms with E-state index in [-0.39, 0.29) is 6.04 Å². The van der Waals surface area contributed by atoms with Gasteiger partial charge in [-0.15, -0.1) is 11.3 Å². The van der Waals surface area contributed by atoms with Gasteiger partial charge in [0.2, 0.25) is 0 Å². The highest BCUT2D eigenvalue weighted by molar-refractivity contribution is 7.91. The number of aromatic nitrogens is 1. The first-order valence-electron chi connectivity index (χ1n) is 8.41. The normalized spacial score (nSPS) is 20.8. The molecule has 1 aliphatic heterocycles. The first-order valence-corrected chi connectivity index (χ1v) is 11.1. The molecule has 1 atom stereocenters. The average molecular weight is 345 g/mol. The van der Waals surface area contributed by atoms with E-state index in [4.69, 9.17) is 4.98 Å². The summed E-state index contributed by atoms with van der Waals surface area (Å²) in [6, 6.07) is 0.178. The van der Waals surface area contributed by atoms with Gasteiger partial charge in [0.1, 0.15) is 0 Å². The van der Waals surface area contributed by atoms with Gasteiger partial charge in [-0.05, 0) is 32.2 Å². The van der Waals surface area contributed by atoms with Gasteiger partial charge in [-0.3, -0.25) is 4.90 Å². The SMILES string of the molecule is CCCCc1nc(CN(CCCC)C2CCS(=O)(=O)C2)cs1. The molecule has 0 spiro atoms. The monoisotopic (exact) mass is 344 g/mol. The Labute approximate surface area is 138 Å². The lowest BCUT2D eigenvalue weighted by atomic mass is 10.2. The van der Waals surface area contributed by atoms with Gasteiger partial charge in [0.25, 0.3) is 0 Å². The van der Waals surface area contributed by atoms with Crippen LogP contribution < -0.4 is 0 Å². The summed E-state index contributed by atoms with van der Waals surface area (Å²) in [5, 5.41) is 3.36. The molecular weight excluding hydrogens is 316 g/mol. The van der Waals surface area contributed by atoms with Crippen LogP contribution in [0.3, 0.4) is 0 Å². The molecule has 0 aromatic carbocycles. The lowest BCUT2D eigenvalue weighted by molar-refractivity contribution is 0.198. The van der Waals surface area contributed by atoms with Crippen molar-refractivity contribution in [3.05, 3.63) is 16.1 Å². The molecule has 126 valence electrons. The van der Waals surface area contributed by atoms with Crippen LogP contribution in [0.4, 0.5) is 0 Å². The highest BCUT2D eigenvalue weighted by Gasteiger charge is 2.32. The molecular formula is C16H28N2O2S2. The zero-order chi connectivity index (χ0) is 16.0. The minimum Gasteiger partial charge on any atom is -0.293 e. The maximum absolute atomic E-state index is 11.8. The van der Waals surface area contributed by atoms with E-state index in [2.05, 4.69) is 24.1 Å². The number of thiazole rings is 1. The van der Waals surface area contributed by atoms with Crippen LogP contribution in [0.25, 0.3) is 0 Å². The van der Waals surface area contributed by atoms with Crippen molar-refractivity contribution in [1.29, 1.82) is 0 Å². The molecule has 1 aliphatic rings. The van der Waals surface area contributed by atoms with Crippen LogP contribution in [0.15, 0.2) is 5.38 Å². The molecule has 1 fully saturated rings. The number of rotatable bonds is 9. The third kappa shape index (κ3) is 5.32. The Balaban J connectivity index is 1.98. The maximum atomic E-state index is 11.8. The van der Waals surface area contributed by atoms with E-state index in [1.165, 1.54) is 17.8 Å². The van der Waals surface area contributed by atoms with E-state index in [1.807, 2.05) is 0 Å². The van der Waals surface area contributed by atoms with Crippen molar-refractivity contribution >= 4 is 21.2 Å². The third-order valence-corrected chi connectivity index (χ3v) is 6.94. The molecule has 22 heavy (non-hydrogen) atoms. The van der Waals surface area contributed by atoms with Crippen LogP contribution >= 0.6 is 11.3 Å². The number of hydrogen-bond acceptors (Lipinski definition) is 5. The Hall–Kier alpha value is -0.460. The Morgan fingerprint density at radius 1 is 1.32 bits per heavy atom. The predicted octanol–water partition coefficient (Wildman–Crippen LogP) is 3.27. The largest absolute Gasteiger partial charge is 0.293 e. The van der Waals surface area contributed by atoms with Gasteiger partial charge in [-0.1, -0.05) is 26.7 Å². The molecule has 1 unspecified atom stereocenters. The van der Waals surface area contributed by atoms with E-state index < -0.39 is 9.84 Å². The van der Waals surface area contributed by atoms with Crippen LogP contribution in [0.1, 0.15) is 56.7 Å². The minimum atomic E-state index is -2.82. The first kappa shape index (κ1) is 17.9. The fraction of sp³-hybridized carbons (Fsp3) is 0.812. The maximum Gasteiger partial charge on any atom is 0.151 e. The zero-order valence-electron chi connectivity index (χ0n) is 13.8. The number of unbranched alkanes of at least 4 members (excludes halogenated alkanes) is 2. The van der Waals surface area contributed by atoms with Crippen LogP contribution in [0, 0.1) is 0 Å². The van der Waals surface area contributed by atoms with Crippen molar-refractivity contribution in [3.63, 3.8) is 0 Å². The summed E-state index contributed by atoms with van der Waals surface area (Å²) in [4.78, 5) is 7.07. The second-order valence-corrected chi connectivity index (χ2v) is 9.39. The van der Waals surface area contributed by atoms with Gasteiger partial charge in [-0.25, -0.2) is 13.4 Å². The van der Waals surface area contributed by atoms with Crippen molar-refractivity contribution in [2.45, 2.75) is 65.0 Å². The lowest BCUT2D eigenvalue weighted by Crippen LogP contribution is -2.36. The summed E-state index contributed by atoms with van der Waals surface area (Å²) in [6.07, 6.45) is 6.47. The summed E-state index contributed by atoms with van der Waals surface area (Å²) in [6.45, 7) is 6.14. The Morgan fingerprint density at radius 2 is 2.09 bits per heavy atom. The molecule has 2 rings (SSSR count). The molecule has 2 heterocycles. The van der Waals surface area contributed by atoms with Gasteiger partial charge in [0, 0.05) is 18.0 Å². The van der Waals surface area contributed by atoms with Gasteiger partial charge in [0.15, 0.2) is 9.84 Å². The fourth-order valence-electron chi connectivity index (χ4n) is 2.89. The highest BCUT2D eigenvalue weighted by atomic mass is 32.2. The number of sulfone groups is 1. The third-order valence-electron chi connectivity index (χ3n) is 4.23. The number of nitrogens with zero attached hydrogens (tertiary/aromatic N) is 2. The molecule has 0 saturated carbocycles. The van der Waals surface area contributed by atoms with E-state index in [0.717, 1.165) is 44.5 Å². The molecule has 0 aliphatic carbocycles. The van der Waals surface area contributed by atoms with Crippen LogP contribution in [-0.2, 0) is 22.8 Å². The molecule has 0 radical (unpaired) electrons. The molecule has 0 amide bonds. The van der Waals surface area contributed by atoms with E-state index in [0.29, 0.717) is 11.5 Å². The molecule has 4 nitrogen and oxygen atoms in total. The topological polar surface area (TPSA) is 50.3 Å². The summed E-state index contributed by atoms with van der Waals surface area (Å²) in [7, 11) is -2.82. The van der Waals surface area contributed by atoms with Gasteiger partial charge >= 0.3 is 0 Å².